The molecule has 0 heterocycles. The Hall–Kier alpha value is -3.16. The standard InChI is InChI=1S/C16H16O8/c1-2-13(17)23-7-3-4-8-24-16(22)12-9-10(14(18)19)5-6-11(12)15(20)21/h2,5-6,9H,1,3-4,7-8H2,(H,18,19)(H,20,21). The smallest absolute Gasteiger partial charge is 0.339 e. The van der Waals surface area contributed by atoms with E-state index in [1.807, 2.05) is 0 Å². The predicted molar refractivity (Wildman–Crippen MR) is 81.0 cm³/mol. The maximum Gasteiger partial charge on any atom is 0.339 e. The van der Waals surface area contributed by atoms with Gasteiger partial charge in [0.1, 0.15) is 0 Å². The Morgan fingerprint density at radius 3 is 2.12 bits per heavy atom. The van der Waals surface area contributed by atoms with Crippen LogP contribution in [0.1, 0.15) is 43.9 Å². The third-order valence-corrected chi connectivity index (χ3v) is 2.90. The molecule has 0 aliphatic carbocycles. The topological polar surface area (TPSA) is 127 Å². The van der Waals surface area contributed by atoms with Gasteiger partial charge in [0, 0.05) is 6.08 Å². The molecule has 0 aliphatic heterocycles. The predicted octanol–water partition coefficient (Wildman–Crippen LogP) is 1.75. The Kier molecular flexibility index (Phi) is 7.15. The van der Waals surface area contributed by atoms with Crippen molar-refractivity contribution >= 4 is 23.9 Å². The average molecular weight is 336 g/mol. The summed E-state index contributed by atoms with van der Waals surface area (Å²) in [7, 11) is 0. The summed E-state index contributed by atoms with van der Waals surface area (Å²) in [4.78, 5) is 44.8. The number of aromatic carboxylic acids is 2. The van der Waals surface area contributed by atoms with Crippen LogP contribution in [0, 0.1) is 0 Å². The van der Waals surface area contributed by atoms with E-state index < -0.39 is 23.9 Å². The highest BCUT2D eigenvalue weighted by Gasteiger charge is 2.20. The third-order valence-electron chi connectivity index (χ3n) is 2.90. The summed E-state index contributed by atoms with van der Waals surface area (Å²) < 4.78 is 9.67. The van der Waals surface area contributed by atoms with Gasteiger partial charge in [-0.1, -0.05) is 6.58 Å². The van der Waals surface area contributed by atoms with Gasteiger partial charge >= 0.3 is 23.9 Å². The molecule has 0 radical (unpaired) electrons. The van der Waals surface area contributed by atoms with Gasteiger partial charge in [-0.3, -0.25) is 0 Å². The van der Waals surface area contributed by atoms with Gasteiger partial charge < -0.3 is 19.7 Å². The SMILES string of the molecule is C=CC(=O)OCCCCOC(=O)c1cc(C(=O)O)ccc1C(=O)O. The lowest BCUT2D eigenvalue weighted by molar-refractivity contribution is -0.137. The summed E-state index contributed by atoms with van der Waals surface area (Å²) in [5, 5.41) is 18.0. The van der Waals surface area contributed by atoms with E-state index >= 15 is 0 Å². The summed E-state index contributed by atoms with van der Waals surface area (Å²) in [5.41, 5.74) is -0.895. The van der Waals surface area contributed by atoms with Crippen LogP contribution in [-0.2, 0) is 14.3 Å². The molecule has 0 atom stereocenters. The molecule has 24 heavy (non-hydrogen) atoms. The first kappa shape index (κ1) is 18.9. The molecule has 0 aliphatic rings. The maximum absolute atomic E-state index is 12.0. The van der Waals surface area contributed by atoms with E-state index in [4.69, 9.17) is 19.7 Å². The van der Waals surface area contributed by atoms with Crippen molar-refractivity contribution in [3.05, 3.63) is 47.5 Å². The van der Waals surface area contributed by atoms with Crippen molar-refractivity contribution in [2.75, 3.05) is 13.2 Å². The summed E-state index contributed by atoms with van der Waals surface area (Å²) in [6.07, 6.45) is 1.86. The van der Waals surface area contributed by atoms with Crippen LogP contribution >= 0.6 is 0 Å². The van der Waals surface area contributed by atoms with E-state index in [0.29, 0.717) is 12.8 Å². The number of benzene rings is 1. The molecule has 1 aromatic carbocycles. The maximum atomic E-state index is 12.0. The molecule has 0 saturated heterocycles. The van der Waals surface area contributed by atoms with Gasteiger partial charge in [-0.05, 0) is 31.0 Å². The molecule has 0 amide bonds. The van der Waals surface area contributed by atoms with Gasteiger partial charge in [-0.15, -0.1) is 0 Å². The highest BCUT2D eigenvalue weighted by Crippen LogP contribution is 2.14. The molecule has 0 bridgehead atoms. The number of hydrogen-bond donors (Lipinski definition) is 2. The quantitative estimate of drug-likeness (QED) is 0.396. The van der Waals surface area contributed by atoms with Crippen molar-refractivity contribution in [2.45, 2.75) is 12.8 Å². The Morgan fingerprint density at radius 2 is 1.58 bits per heavy atom. The Labute approximate surface area is 137 Å². The summed E-state index contributed by atoms with van der Waals surface area (Å²) in [6.45, 7) is 3.35. The molecule has 0 saturated carbocycles. The Bertz CT molecular complexity index is 662. The summed E-state index contributed by atoms with van der Waals surface area (Å²) in [6, 6.07) is 3.09. The highest BCUT2D eigenvalue weighted by molar-refractivity contribution is 6.04. The second-order valence-electron chi connectivity index (χ2n) is 4.59. The zero-order valence-electron chi connectivity index (χ0n) is 12.7. The number of carboxylic acid groups (broad SMARTS) is 2. The number of esters is 2. The molecule has 0 fully saturated rings. The fraction of sp³-hybridized carbons (Fsp3) is 0.250. The van der Waals surface area contributed by atoms with E-state index in [1.165, 1.54) is 0 Å². The van der Waals surface area contributed by atoms with Gasteiger partial charge in [-0.25, -0.2) is 19.2 Å². The molecule has 1 rings (SSSR count). The minimum atomic E-state index is -1.37. The van der Waals surface area contributed by atoms with Crippen molar-refractivity contribution in [3.8, 4) is 0 Å². The van der Waals surface area contributed by atoms with Crippen LogP contribution in [0.15, 0.2) is 30.9 Å². The van der Waals surface area contributed by atoms with Crippen LogP contribution < -0.4 is 0 Å². The van der Waals surface area contributed by atoms with Crippen LogP contribution in [0.2, 0.25) is 0 Å². The number of hydrogen-bond acceptors (Lipinski definition) is 6. The van der Waals surface area contributed by atoms with Gasteiger partial charge in [0.25, 0.3) is 0 Å². The zero-order chi connectivity index (χ0) is 18.1. The Balaban J connectivity index is 2.62. The second-order valence-corrected chi connectivity index (χ2v) is 4.59. The fourth-order valence-electron chi connectivity index (χ4n) is 1.71. The molecule has 1 aromatic rings. The second kappa shape index (κ2) is 9.09. The highest BCUT2D eigenvalue weighted by atomic mass is 16.5. The van der Waals surface area contributed by atoms with Gasteiger partial charge in [0.2, 0.25) is 0 Å². The van der Waals surface area contributed by atoms with E-state index in [9.17, 15) is 19.2 Å². The number of unbranched alkanes of at least 4 members (excludes halogenated alkanes) is 1. The minimum Gasteiger partial charge on any atom is -0.478 e. The first-order valence-corrected chi connectivity index (χ1v) is 6.93. The van der Waals surface area contributed by atoms with Gasteiger partial charge in [0.05, 0.1) is 29.9 Å². The molecule has 128 valence electrons. The molecule has 2 N–H and O–H groups in total. The first-order valence-electron chi connectivity index (χ1n) is 6.93. The van der Waals surface area contributed by atoms with Crippen molar-refractivity contribution in [2.24, 2.45) is 0 Å². The molecular formula is C16H16O8. The number of carbonyl (C=O) groups excluding carboxylic acids is 2. The van der Waals surface area contributed by atoms with Crippen molar-refractivity contribution in [1.29, 1.82) is 0 Å². The van der Waals surface area contributed by atoms with E-state index in [2.05, 4.69) is 6.58 Å². The molecule has 0 spiro atoms. The molecular weight excluding hydrogens is 320 g/mol. The van der Waals surface area contributed by atoms with Gasteiger partial charge in [-0.2, -0.15) is 0 Å². The van der Waals surface area contributed by atoms with Crippen molar-refractivity contribution in [3.63, 3.8) is 0 Å². The van der Waals surface area contributed by atoms with Crippen LogP contribution in [-0.4, -0.2) is 47.3 Å². The van der Waals surface area contributed by atoms with Crippen LogP contribution in [0.4, 0.5) is 0 Å². The van der Waals surface area contributed by atoms with Crippen LogP contribution in [0.5, 0.6) is 0 Å². The normalized spacial score (nSPS) is 9.83. The van der Waals surface area contributed by atoms with Crippen molar-refractivity contribution < 1.29 is 38.9 Å². The molecule has 0 unspecified atom stereocenters. The van der Waals surface area contributed by atoms with E-state index in [-0.39, 0.29) is 29.9 Å². The number of carboxylic acids is 2. The first-order chi connectivity index (χ1) is 11.4. The molecule has 8 nitrogen and oxygen atoms in total. The lowest BCUT2D eigenvalue weighted by atomic mass is 10.0. The average Bonchev–Trinajstić information content (AvgIpc) is 2.56. The fourth-order valence-corrected chi connectivity index (χ4v) is 1.71. The monoisotopic (exact) mass is 336 g/mol. The molecule has 8 heteroatoms. The van der Waals surface area contributed by atoms with Crippen LogP contribution in [0.3, 0.4) is 0 Å². The lowest BCUT2D eigenvalue weighted by Gasteiger charge is -2.08. The largest absolute Gasteiger partial charge is 0.478 e. The van der Waals surface area contributed by atoms with Crippen LogP contribution in [0.25, 0.3) is 0 Å². The number of ether oxygens (including phenoxy) is 2. The van der Waals surface area contributed by atoms with E-state index in [0.717, 1.165) is 24.3 Å². The summed E-state index contributed by atoms with van der Waals surface area (Å²) >= 11 is 0. The summed E-state index contributed by atoms with van der Waals surface area (Å²) in [5.74, 6) is -4.14. The van der Waals surface area contributed by atoms with Crippen molar-refractivity contribution in [1.82, 2.24) is 0 Å². The lowest BCUT2D eigenvalue weighted by Crippen LogP contribution is -2.14. The van der Waals surface area contributed by atoms with E-state index in [1.54, 1.807) is 0 Å². The third kappa shape index (κ3) is 5.56. The Morgan fingerprint density at radius 1 is 0.958 bits per heavy atom. The van der Waals surface area contributed by atoms with Gasteiger partial charge in [0.15, 0.2) is 0 Å². The number of carbonyl (C=O) groups is 4. The number of rotatable bonds is 9. The minimum absolute atomic E-state index is 0.0270. The zero-order valence-corrected chi connectivity index (χ0v) is 12.7. The molecule has 0 aromatic heterocycles.